The Morgan fingerprint density at radius 1 is 0.722 bits per heavy atom. The van der Waals surface area contributed by atoms with Crippen LogP contribution in [-0.2, 0) is 6.42 Å². The smallest absolute Gasteiger partial charge is 0.160 e. The molecule has 1 aromatic carbocycles. The highest BCUT2D eigenvalue weighted by molar-refractivity contribution is 5.77. The van der Waals surface area contributed by atoms with Crippen LogP contribution in [-0.4, -0.2) is 32.2 Å². The highest BCUT2D eigenvalue weighted by Gasteiger charge is 2.02. The van der Waals surface area contributed by atoms with Gasteiger partial charge in [0.25, 0.3) is 0 Å². The molecule has 2 aliphatic heterocycles. The predicted molar refractivity (Wildman–Crippen MR) is 147 cm³/mol. The molecule has 4 aromatic rings. The second kappa shape index (κ2) is 10.2. The Labute approximate surface area is 209 Å². The van der Waals surface area contributed by atoms with Crippen molar-refractivity contribution in [2.24, 2.45) is 0 Å². The Morgan fingerprint density at radius 2 is 1.17 bits per heavy atom. The Bertz CT molecular complexity index is 1470. The van der Waals surface area contributed by atoms with E-state index in [1.54, 1.807) is 12.1 Å². The molecule has 3 aromatic heterocycles. The molecular weight excluding hydrogens is 448 g/mol. The van der Waals surface area contributed by atoms with Crippen LogP contribution in [0.15, 0.2) is 79.4 Å². The molecule has 0 spiro atoms. The van der Waals surface area contributed by atoms with Crippen molar-refractivity contribution in [1.29, 1.82) is 0 Å². The first-order valence-electron chi connectivity index (χ1n) is 11.6. The first-order chi connectivity index (χ1) is 17.6. The summed E-state index contributed by atoms with van der Waals surface area (Å²) in [6.07, 6.45) is 10.7. The average Bonchev–Trinajstić information content (AvgIpc) is 3.67. The lowest BCUT2D eigenvalue weighted by Crippen LogP contribution is -1.86. The average molecular weight is 475 g/mol. The molecule has 0 unspecified atom stereocenters. The van der Waals surface area contributed by atoms with E-state index < -0.39 is 0 Å². The molecule has 0 saturated carbocycles. The van der Waals surface area contributed by atoms with Crippen LogP contribution in [0.5, 0.6) is 11.5 Å². The minimum absolute atomic E-state index is 0.172. The number of allylic oxidation sites excluding steroid dienone is 1. The van der Waals surface area contributed by atoms with Gasteiger partial charge in [0.05, 0.1) is 29.9 Å². The van der Waals surface area contributed by atoms with Gasteiger partial charge >= 0.3 is 0 Å². The molecule has 178 valence electrons. The van der Waals surface area contributed by atoms with Crippen molar-refractivity contribution < 1.29 is 9.84 Å². The van der Waals surface area contributed by atoms with Gasteiger partial charge in [-0.25, -0.2) is 9.97 Å². The molecule has 36 heavy (non-hydrogen) atoms. The molecule has 3 N–H and O–H groups in total. The minimum Gasteiger partial charge on any atom is -0.504 e. The summed E-state index contributed by atoms with van der Waals surface area (Å²) in [4.78, 5) is 16.0. The number of aromatic nitrogens is 4. The van der Waals surface area contributed by atoms with Gasteiger partial charge in [0, 0.05) is 22.1 Å². The van der Waals surface area contributed by atoms with Gasteiger partial charge < -0.3 is 19.8 Å². The molecule has 5 heterocycles. The van der Waals surface area contributed by atoms with Crippen LogP contribution in [0.1, 0.15) is 28.3 Å². The SMILES string of the molecule is C1=Cc2cc3ccc(cc4nc(cc5ccc(cc1n2)[nH]5)C=C4)[nH]3.C=CCc1ccc(O)c(OC)c1. The number of ether oxygens (including phenoxy) is 1. The van der Waals surface area contributed by atoms with Gasteiger partial charge in [-0.1, -0.05) is 12.1 Å². The van der Waals surface area contributed by atoms with E-state index in [4.69, 9.17) is 4.74 Å². The van der Waals surface area contributed by atoms with Crippen LogP contribution in [0.25, 0.3) is 46.4 Å². The van der Waals surface area contributed by atoms with E-state index in [1.807, 2.05) is 60.7 Å². The molecule has 0 fully saturated rings. The number of benzene rings is 1. The Morgan fingerprint density at radius 3 is 1.56 bits per heavy atom. The zero-order valence-corrected chi connectivity index (χ0v) is 19.9. The number of nitrogens with zero attached hydrogens (tertiary/aromatic N) is 2. The molecule has 0 radical (unpaired) electrons. The molecule has 2 aliphatic rings. The van der Waals surface area contributed by atoms with E-state index in [0.717, 1.165) is 56.8 Å². The lowest BCUT2D eigenvalue weighted by molar-refractivity contribution is 0.373. The summed E-state index contributed by atoms with van der Waals surface area (Å²) in [5.41, 5.74) is 8.94. The van der Waals surface area contributed by atoms with Crippen molar-refractivity contribution in [2.45, 2.75) is 6.42 Å². The fourth-order valence-electron chi connectivity index (χ4n) is 3.96. The van der Waals surface area contributed by atoms with Gasteiger partial charge in [0.15, 0.2) is 11.5 Å². The van der Waals surface area contributed by atoms with Crippen LogP contribution in [0.2, 0.25) is 0 Å². The normalized spacial score (nSPS) is 11.6. The fourth-order valence-corrected chi connectivity index (χ4v) is 3.96. The van der Waals surface area contributed by atoms with Crippen molar-refractivity contribution in [3.05, 3.63) is 108 Å². The topological polar surface area (TPSA) is 86.8 Å². The second-order valence-electron chi connectivity index (χ2n) is 8.40. The molecule has 0 amide bonds. The van der Waals surface area contributed by atoms with Gasteiger partial charge in [-0.3, -0.25) is 0 Å². The lowest BCUT2D eigenvalue weighted by atomic mass is 10.1. The van der Waals surface area contributed by atoms with Gasteiger partial charge in [-0.2, -0.15) is 0 Å². The first kappa shape index (κ1) is 22.9. The maximum absolute atomic E-state index is 9.25. The number of hydrogen-bond donors (Lipinski definition) is 3. The number of rotatable bonds is 3. The summed E-state index contributed by atoms with van der Waals surface area (Å²) in [5, 5.41) is 9.25. The van der Waals surface area contributed by atoms with E-state index in [-0.39, 0.29) is 5.75 Å². The van der Waals surface area contributed by atoms with Crippen LogP contribution >= 0.6 is 0 Å². The molecule has 0 aliphatic carbocycles. The molecular formula is C30H26N4O2. The van der Waals surface area contributed by atoms with Crippen LogP contribution in [0.4, 0.5) is 0 Å². The fraction of sp³-hybridized carbons (Fsp3) is 0.0667. The number of aromatic amines is 2. The highest BCUT2D eigenvalue weighted by Crippen LogP contribution is 2.26. The van der Waals surface area contributed by atoms with Crippen LogP contribution < -0.4 is 4.74 Å². The first-order valence-corrected chi connectivity index (χ1v) is 11.6. The second-order valence-corrected chi connectivity index (χ2v) is 8.40. The quantitative estimate of drug-likeness (QED) is 0.247. The number of nitrogens with one attached hydrogen (secondary N) is 2. The minimum atomic E-state index is 0.172. The third-order valence-electron chi connectivity index (χ3n) is 5.67. The number of H-pyrrole nitrogens is 2. The van der Waals surface area contributed by atoms with Gasteiger partial charge in [0.1, 0.15) is 0 Å². The molecule has 6 nitrogen and oxygen atoms in total. The number of phenols is 1. The number of phenolic OH excluding ortho intramolecular Hbond substituents is 1. The van der Waals surface area contributed by atoms with Gasteiger partial charge in [-0.05, 0) is 97.0 Å². The van der Waals surface area contributed by atoms with Crippen molar-refractivity contribution in [3.63, 3.8) is 0 Å². The van der Waals surface area contributed by atoms with E-state index >= 15 is 0 Å². The number of methoxy groups -OCH3 is 1. The standard InChI is InChI=1S/C20H14N4.C10H12O2/c1-2-14-10-16-5-6-18(23-16)12-20-8-7-19(24-20)11-17-4-3-15(22-17)9-13(1)21-14;1-3-4-8-5-6-9(11)10(7-8)12-2/h1-12,21,24H;3,5-7,11H,1,4H2,2H3. The summed E-state index contributed by atoms with van der Waals surface area (Å²) >= 11 is 0. The van der Waals surface area contributed by atoms with Crippen molar-refractivity contribution >= 4 is 46.4 Å². The highest BCUT2D eigenvalue weighted by atomic mass is 16.5. The molecule has 8 bridgehead atoms. The van der Waals surface area contributed by atoms with Crippen molar-refractivity contribution in [2.75, 3.05) is 7.11 Å². The maximum Gasteiger partial charge on any atom is 0.160 e. The monoisotopic (exact) mass is 474 g/mol. The molecule has 0 atom stereocenters. The Balaban J connectivity index is 0.000000189. The van der Waals surface area contributed by atoms with Gasteiger partial charge in [0.2, 0.25) is 0 Å². The maximum atomic E-state index is 9.25. The van der Waals surface area contributed by atoms with Crippen LogP contribution in [0, 0.1) is 0 Å². The van der Waals surface area contributed by atoms with E-state index in [9.17, 15) is 5.11 Å². The summed E-state index contributed by atoms with van der Waals surface area (Å²) in [7, 11) is 1.53. The summed E-state index contributed by atoms with van der Waals surface area (Å²) in [6.45, 7) is 3.63. The zero-order valence-electron chi connectivity index (χ0n) is 19.9. The van der Waals surface area contributed by atoms with Crippen molar-refractivity contribution in [1.82, 2.24) is 19.9 Å². The number of fused-ring (bicyclic) bond motifs is 8. The van der Waals surface area contributed by atoms with Crippen LogP contribution in [0.3, 0.4) is 0 Å². The molecule has 6 rings (SSSR count). The molecule has 0 saturated heterocycles. The Kier molecular flexibility index (Phi) is 6.49. The van der Waals surface area contributed by atoms with Crippen molar-refractivity contribution in [3.8, 4) is 11.5 Å². The third kappa shape index (κ3) is 5.45. The van der Waals surface area contributed by atoms with E-state index in [1.165, 1.54) is 7.11 Å². The van der Waals surface area contributed by atoms with Gasteiger partial charge in [-0.15, -0.1) is 6.58 Å². The number of hydrogen-bond acceptors (Lipinski definition) is 4. The Hall–Kier alpha value is -4.84. The summed E-state index contributed by atoms with van der Waals surface area (Å²) < 4.78 is 4.95. The van der Waals surface area contributed by atoms with E-state index in [2.05, 4.69) is 50.8 Å². The largest absolute Gasteiger partial charge is 0.504 e. The summed E-state index contributed by atoms with van der Waals surface area (Å²) in [6, 6.07) is 21.6. The number of aromatic hydroxyl groups is 1. The van der Waals surface area contributed by atoms with E-state index in [0.29, 0.717) is 5.75 Å². The third-order valence-corrected chi connectivity index (χ3v) is 5.67. The predicted octanol–water partition coefficient (Wildman–Crippen LogP) is 6.78. The lowest BCUT2D eigenvalue weighted by Gasteiger charge is -2.04. The zero-order chi connectivity index (χ0) is 24.9. The molecule has 6 heteroatoms. The summed E-state index contributed by atoms with van der Waals surface area (Å²) in [5.74, 6) is 0.680.